The van der Waals surface area contributed by atoms with E-state index in [9.17, 15) is 9.59 Å². The molecule has 152 valence electrons. The molecule has 7 nitrogen and oxygen atoms in total. The van der Waals surface area contributed by atoms with Crippen molar-refractivity contribution in [3.05, 3.63) is 30.3 Å². The Labute approximate surface area is 166 Å². The highest BCUT2D eigenvalue weighted by Gasteiger charge is 2.35. The minimum Gasteiger partial charge on any atom is -0.378 e. The molecule has 2 amide bonds. The Morgan fingerprint density at radius 2 is 1.68 bits per heavy atom. The maximum absolute atomic E-state index is 13.1. The summed E-state index contributed by atoms with van der Waals surface area (Å²) in [6, 6.07) is 9.93. The smallest absolute Gasteiger partial charge is 0.244 e. The number of carbonyl (C=O) groups is 2. The zero-order valence-corrected chi connectivity index (χ0v) is 16.5. The Morgan fingerprint density at radius 3 is 2.39 bits per heavy atom. The highest BCUT2D eigenvalue weighted by atomic mass is 16.5. The van der Waals surface area contributed by atoms with E-state index < -0.39 is 0 Å². The van der Waals surface area contributed by atoms with Crippen LogP contribution in [0.4, 0.5) is 5.69 Å². The third kappa shape index (κ3) is 4.37. The van der Waals surface area contributed by atoms with E-state index in [4.69, 9.17) is 4.74 Å². The molecule has 0 N–H and O–H groups in total. The summed E-state index contributed by atoms with van der Waals surface area (Å²) in [5, 5.41) is 0. The van der Waals surface area contributed by atoms with Crippen molar-refractivity contribution in [2.24, 2.45) is 0 Å². The Hall–Kier alpha value is -1.96. The fourth-order valence-electron chi connectivity index (χ4n) is 4.40. The summed E-state index contributed by atoms with van der Waals surface area (Å²) in [5.41, 5.74) is 0.993. The molecule has 1 atom stereocenters. The first-order chi connectivity index (χ1) is 13.7. The van der Waals surface area contributed by atoms with E-state index in [1.54, 1.807) is 0 Å². The number of piperidine rings is 1. The average molecular weight is 386 g/mol. The molecule has 0 unspecified atom stereocenters. The maximum Gasteiger partial charge on any atom is 0.244 e. The van der Waals surface area contributed by atoms with Crippen molar-refractivity contribution >= 4 is 17.5 Å². The molecule has 0 aliphatic carbocycles. The van der Waals surface area contributed by atoms with Crippen molar-refractivity contribution < 1.29 is 14.3 Å². The molecule has 0 radical (unpaired) electrons. The lowest BCUT2D eigenvalue weighted by molar-refractivity contribution is -0.137. The van der Waals surface area contributed by atoms with E-state index in [-0.39, 0.29) is 17.9 Å². The lowest BCUT2D eigenvalue weighted by Gasteiger charge is -2.42. The Bertz CT molecular complexity index is 669. The van der Waals surface area contributed by atoms with Crippen molar-refractivity contribution in [3.8, 4) is 0 Å². The number of benzene rings is 1. The standard InChI is InChI=1S/C21H30N4O3/c26-20(24-13-15-28-16-14-24)17-22-9-11-23(12-10-22)19-7-4-8-25(21(19)27)18-5-2-1-3-6-18/h1-3,5-6,19H,4,7-17H2/t19-/m1/s1. The van der Waals surface area contributed by atoms with Crippen molar-refractivity contribution in [1.29, 1.82) is 0 Å². The van der Waals surface area contributed by atoms with Gasteiger partial charge in [0.1, 0.15) is 0 Å². The first-order valence-electron chi connectivity index (χ1n) is 10.4. The molecule has 1 aromatic carbocycles. The minimum absolute atomic E-state index is 0.0361. The number of rotatable bonds is 4. The summed E-state index contributed by atoms with van der Waals surface area (Å²) < 4.78 is 5.32. The molecule has 0 saturated carbocycles. The fraction of sp³-hybridized carbons (Fsp3) is 0.619. The number of hydrogen-bond donors (Lipinski definition) is 0. The third-order valence-corrected chi connectivity index (χ3v) is 6.05. The number of amides is 2. The van der Waals surface area contributed by atoms with Crippen LogP contribution in [0.1, 0.15) is 12.8 Å². The van der Waals surface area contributed by atoms with Crippen LogP contribution >= 0.6 is 0 Å². The zero-order valence-electron chi connectivity index (χ0n) is 16.5. The lowest BCUT2D eigenvalue weighted by Crippen LogP contribution is -2.58. The van der Waals surface area contributed by atoms with Gasteiger partial charge < -0.3 is 14.5 Å². The first-order valence-corrected chi connectivity index (χ1v) is 10.4. The zero-order chi connectivity index (χ0) is 19.3. The van der Waals surface area contributed by atoms with Crippen LogP contribution in [0.3, 0.4) is 0 Å². The molecule has 7 heteroatoms. The molecule has 4 rings (SSSR count). The van der Waals surface area contributed by atoms with Gasteiger partial charge in [-0.3, -0.25) is 19.4 Å². The summed E-state index contributed by atoms with van der Waals surface area (Å²) in [7, 11) is 0. The molecule has 3 heterocycles. The van der Waals surface area contributed by atoms with E-state index in [2.05, 4.69) is 9.80 Å². The average Bonchev–Trinajstić information content (AvgIpc) is 2.76. The maximum atomic E-state index is 13.1. The highest BCUT2D eigenvalue weighted by molar-refractivity contribution is 5.97. The van der Waals surface area contributed by atoms with Crippen LogP contribution in [-0.4, -0.2) is 98.1 Å². The SMILES string of the molecule is O=C(CN1CCN([C@@H]2CCCN(c3ccccc3)C2=O)CC1)N1CCOCC1. The van der Waals surface area contributed by atoms with Crippen LogP contribution in [-0.2, 0) is 14.3 Å². The molecule has 28 heavy (non-hydrogen) atoms. The number of morpholine rings is 1. The topological polar surface area (TPSA) is 56.3 Å². The summed E-state index contributed by atoms with van der Waals surface area (Å²) in [5.74, 6) is 0.413. The Balaban J connectivity index is 1.29. The largest absolute Gasteiger partial charge is 0.378 e. The van der Waals surface area contributed by atoms with Gasteiger partial charge in [-0.25, -0.2) is 0 Å². The number of anilines is 1. The molecular weight excluding hydrogens is 356 g/mol. The summed E-state index contributed by atoms with van der Waals surface area (Å²) in [4.78, 5) is 33.9. The van der Waals surface area contributed by atoms with Gasteiger partial charge in [-0.2, -0.15) is 0 Å². The monoisotopic (exact) mass is 386 g/mol. The van der Waals surface area contributed by atoms with Crippen molar-refractivity contribution in [3.63, 3.8) is 0 Å². The van der Waals surface area contributed by atoms with Gasteiger partial charge in [0.25, 0.3) is 0 Å². The quantitative estimate of drug-likeness (QED) is 0.761. The van der Waals surface area contributed by atoms with E-state index >= 15 is 0 Å². The summed E-state index contributed by atoms with van der Waals surface area (Å²) in [6.45, 7) is 7.31. The van der Waals surface area contributed by atoms with Gasteiger partial charge in [0, 0.05) is 51.5 Å². The lowest BCUT2D eigenvalue weighted by atomic mass is 10.0. The van der Waals surface area contributed by atoms with Crippen LogP contribution in [0.25, 0.3) is 0 Å². The van der Waals surface area contributed by atoms with E-state index in [1.165, 1.54) is 0 Å². The van der Waals surface area contributed by atoms with E-state index in [0.29, 0.717) is 32.8 Å². The van der Waals surface area contributed by atoms with E-state index in [1.807, 2.05) is 40.1 Å². The fourth-order valence-corrected chi connectivity index (χ4v) is 4.40. The van der Waals surface area contributed by atoms with Crippen molar-refractivity contribution in [1.82, 2.24) is 14.7 Å². The van der Waals surface area contributed by atoms with Gasteiger partial charge >= 0.3 is 0 Å². The van der Waals surface area contributed by atoms with Gasteiger partial charge in [0.15, 0.2) is 0 Å². The number of para-hydroxylation sites is 1. The molecule has 1 aromatic rings. The van der Waals surface area contributed by atoms with Gasteiger partial charge in [0.05, 0.1) is 25.8 Å². The second-order valence-electron chi connectivity index (χ2n) is 7.79. The van der Waals surface area contributed by atoms with Gasteiger partial charge in [-0.15, -0.1) is 0 Å². The number of nitrogens with zero attached hydrogens (tertiary/aromatic N) is 4. The van der Waals surface area contributed by atoms with Crippen LogP contribution in [0.15, 0.2) is 30.3 Å². The Kier molecular flexibility index (Phi) is 6.24. The molecule has 0 bridgehead atoms. The third-order valence-electron chi connectivity index (χ3n) is 6.05. The number of piperazine rings is 1. The van der Waals surface area contributed by atoms with Crippen molar-refractivity contribution in [2.45, 2.75) is 18.9 Å². The normalized spacial score (nSPS) is 25.1. The first kappa shape index (κ1) is 19.4. The summed E-state index contributed by atoms with van der Waals surface area (Å²) in [6.07, 6.45) is 1.95. The second kappa shape index (κ2) is 9.03. The number of carbonyl (C=O) groups excluding carboxylic acids is 2. The van der Waals surface area contributed by atoms with Gasteiger partial charge in [-0.1, -0.05) is 18.2 Å². The molecule has 3 fully saturated rings. The Morgan fingerprint density at radius 1 is 0.964 bits per heavy atom. The van der Waals surface area contributed by atoms with E-state index in [0.717, 1.165) is 51.3 Å². The van der Waals surface area contributed by atoms with Crippen LogP contribution < -0.4 is 4.90 Å². The van der Waals surface area contributed by atoms with Crippen molar-refractivity contribution in [2.75, 3.05) is 70.5 Å². The molecule has 0 aromatic heterocycles. The number of ether oxygens (including phenoxy) is 1. The highest BCUT2D eigenvalue weighted by Crippen LogP contribution is 2.24. The predicted octanol–water partition coefficient (Wildman–Crippen LogP) is 0.658. The molecule has 0 spiro atoms. The molecule has 3 saturated heterocycles. The molecule has 3 aliphatic rings. The second-order valence-corrected chi connectivity index (χ2v) is 7.79. The molecule has 3 aliphatic heterocycles. The van der Waals surface area contributed by atoms with Crippen LogP contribution in [0.2, 0.25) is 0 Å². The van der Waals surface area contributed by atoms with Crippen LogP contribution in [0.5, 0.6) is 0 Å². The van der Waals surface area contributed by atoms with Crippen LogP contribution in [0, 0.1) is 0 Å². The van der Waals surface area contributed by atoms with Gasteiger partial charge in [-0.05, 0) is 25.0 Å². The molecular formula is C21H30N4O3. The number of hydrogen-bond acceptors (Lipinski definition) is 5. The predicted molar refractivity (Wildman–Crippen MR) is 107 cm³/mol. The van der Waals surface area contributed by atoms with Gasteiger partial charge in [0.2, 0.25) is 11.8 Å². The minimum atomic E-state index is -0.0361. The summed E-state index contributed by atoms with van der Waals surface area (Å²) >= 11 is 0.